The van der Waals surface area contributed by atoms with E-state index in [0.29, 0.717) is 22.2 Å². The van der Waals surface area contributed by atoms with Crippen molar-refractivity contribution in [3.8, 4) is 0 Å². The van der Waals surface area contributed by atoms with Crippen LogP contribution in [0.5, 0.6) is 0 Å². The largest absolute Gasteiger partial charge is 0.465 e. The number of sulfonamides is 1. The number of fused-ring (bicyclic) bond motifs is 1. The highest BCUT2D eigenvalue weighted by molar-refractivity contribution is 7.89. The number of esters is 1. The molecular weight excluding hydrogens is 757 g/mol. The molecule has 0 spiro atoms. The van der Waals surface area contributed by atoms with E-state index in [0.717, 1.165) is 34.7 Å². The Kier molecular flexibility index (Phi) is 12.4. The van der Waals surface area contributed by atoms with Gasteiger partial charge in [0, 0.05) is 47.8 Å². The summed E-state index contributed by atoms with van der Waals surface area (Å²) in [5, 5.41) is 11.6. The molecule has 0 bridgehead atoms. The fourth-order valence-electron chi connectivity index (χ4n) is 6.97. The van der Waals surface area contributed by atoms with E-state index < -0.39 is 38.1 Å². The number of hydrogen-bond acceptors (Lipinski definition) is 8. The number of amides is 2. The number of H-pyrrole nitrogens is 1. The summed E-state index contributed by atoms with van der Waals surface area (Å²) >= 11 is 0. The van der Waals surface area contributed by atoms with E-state index in [2.05, 4.69) is 15.6 Å². The lowest BCUT2D eigenvalue weighted by atomic mass is 10.0. The highest BCUT2D eigenvalue weighted by Gasteiger charge is 2.35. The Balaban J connectivity index is 1.13. The summed E-state index contributed by atoms with van der Waals surface area (Å²) in [4.78, 5) is 42.2. The molecular formula is C40H44N6O8S2. The van der Waals surface area contributed by atoms with Gasteiger partial charge in [0.05, 0.1) is 23.1 Å². The minimum absolute atomic E-state index is 0.0602. The minimum Gasteiger partial charge on any atom is -0.465 e. The number of rotatable bonds is 14. The number of ether oxygens (including phenoxy) is 1. The zero-order valence-electron chi connectivity index (χ0n) is 31.0. The molecule has 5 aromatic rings. The first-order chi connectivity index (χ1) is 26.8. The Labute approximate surface area is 326 Å². The molecule has 294 valence electrons. The van der Waals surface area contributed by atoms with Crippen LogP contribution < -0.4 is 15.8 Å². The predicted molar refractivity (Wildman–Crippen MR) is 214 cm³/mol. The molecule has 6 rings (SSSR count). The second-order valence-electron chi connectivity index (χ2n) is 13.5. The molecule has 2 heterocycles. The predicted octanol–water partition coefficient (Wildman–Crippen LogP) is 5.31. The van der Waals surface area contributed by atoms with Crippen molar-refractivity contribution in [2.75, 3.05) is 37.4 Å². The molecule has 0 unspecified atom stereocenters. The zero-order valence-corrected chi connectivity index (χ0v) is 32.7. The third kappa shape index (κ3) is 9.17. The molecule has 16 heteroatoms. The summed E-state index contributed by atoms with van der Waals surface area (Å²) in [5.41, 5.74) is 4.16. The molecule has 1 aliphatic heterocycles. The van der Waals surface area contributed by atoms with Gasteiger partial charge in [-0.1, -0.05) is 55.5 Å². The number of para-hydroxylation sites is 1. The summed E-state index contributed by atoms with van der Waals surface area (Å²) in [7, 11) is -6.59. The maximum Gasteiger partial charge on any atom is 0.337 e. The summed E-state index contributed by atoms with van der Waals surface area (Å²) < 4.78 is 58.4. The molecule has 1 saturated heterocycles. The number of nitrogens with zero attached hydrogens (tertiary/aromatic N) is 2. The molecule has 0 radical (unpaired) electrons. The Morgan fingerprint density at radius 2 is 1.46 bits per heavy atom. The SMILES string of the molecule is CCN(C1CCN(S(N)(=O)=O)CC1)S(=O)(=O)c1cccc(C(=O)Nc2[nH]c3ccccc3c2C(=O)Nc2ccc(CCCc3ccc(C(=O)OC)cc3)cc2)c1. The third-order valence-electron chi connectivity index (χ3n) is 9.89. The molecule has 1 aliphatic rings. The van der Waals surface area contributed by atoms with E-state index in [-0.39, 0.29) is 60.3 Å². The number of aromatic amines is 1. The first-order valence-electron chi connectivity index (χ1n) is 18.2. The van der Waals surface area contributed by atoms with Crippen molar-refractivity contribution in [3.63, 3.8) is 0 Å². The summed E-state index contributed by atoms with van der Waals surface area (Å²) in [5.74, 6) is -1.30. The number of benzene rings is 4. The van der Waals surface area contributed by atoms with Gasteiger partial charge >= 0.3 is 5.97 Å². The van der Waals surface area contributed by atoms with Crippen LogP contribution in [0.2, 0.25) is 0 Å². The van der Waals surface area contributed by atoms with Gasteiger partial charge in [-0.25, -0.2) is 18.4 Å². The average molecular weight is 801 g/mol. The molecule has 5 N–H and O–H groups in total. The van der Waals surface area contributed by atoms with Crippen LogP contribution >= 0.6 is 0 Å². The van der Waals surface area contributed by atoms with Crippen molar-refractivity contribution in [2.45, 2.75) is 50.0 Å². The highest BCUT2D eigenvalue weighted by atomic mass is 32.2. The Bertz CT molecular complexity index is 2440. The lowest BCUT2D eigenvalue weighted by molar-refractivity contribution is 0.0600. The summed E-state index contributed by atoms with van der Waals surface area (Å²) in [6, 6.07) is 27.2. The number of aryl methyl sites for hydroxylation is 2. The van der Waals surface area contributed by atoms with Gasteiger partial charge in [0.1, 0.15) is 5.82 Å². The van der Waals surface area contributed by atoms with Crippen molar-refractivity contribution < 1.29 is 36.0 Å². The zero-order chi connectivity index (χ0) is 40.0. The van der Waals surface area contributed by atoms with E-state index in [9.17, 15) is 31.2 Å². The molecule has 0 saturated carbocycles. The number of piperidine rings is 1. The van der Waals surface area contributed by atoms with Gasteiger partial charge in [-0.05, 0) is 91.8 Å². The van der Waals surface area contributed by atoms with Crippen LogP contribution in [0.1, 0.15) is 68.4 Å². The van der Waals surface area contributed by atoms with Gasteiger partial charge in [0.25, 0.3) is 22.0 Å². The number of methoxy groups -OCH3 is 1. The lowest BCUT2D eigenvalue weighted by Crippen LogP contribution is -2.50. The van der Waals surface area contributed by atoms with E-state index in [1.807, 2.05) is 36.4 Å². The topological polar surface area (TPSA) is 201 Å². The molecule has 1 aromatic heterocycles. The van der Waals surface area contributed by atoms with E-state index in [4.69, 9.17) is 9.88 Å². The quantitative estimate of drug-likeness (QED) is 0.108. The van der Waals surface area contributed by atoms with Crippen molar-refractivity contribution in [1.82, 2.24) is 13.6 Å². The van der Waals surface area contributed by atoms with Gasteiger partial charge in [-0.15, -0.1) is 0 Å². The summed E-state index contributed by atoms with van der Waals surface area (Å²) in [6.07, 6.45) is 3.07. The standard InChI is InChI=1S/C40H44N6O8S2/c1-3-46(32-22-24-45(25-23-32)56(41,52)53)55(50,51)33-11-7-10-30(26-33)38(47)44-37-36(34-12-4-5-13-35(34)43-37)39(48)42-31-20-16-28(17-21-31)9-6-8-27-14-18-29(19-15-27)40(49)54-2/h4-5,7,10-21,26,32,43H,3,6,8-9,22-25H2,1-2H3,(H,42,48)(H,44,47)(H2,41,52,53). The number of nitrogens with one attached hydrogen (secondary N) is 3. The number of anilines is 2. The van der Waals surface area contributed by atoms with Crippen molar-refractivity contribution in [1.29, 1.82) is 0 Å². The second kappa shape index (κ2) is 17.2. The normalized spacial score (nSPS) is 14.1. The lowest BCUT2D eigenvalue weighted by Gasteiger charge is -2.36. The molecule has 56 heavy (non-hydrogen) atoms. The molecule has 0 aliphatic carbocycles. The molecule has 14 nitrogen and oxygen atoms in total. The fourth-order valence-corrected chi connectivity index (χ4v) is 9.43. The van der Waals surface area contributed by atoms with E-state index in [1.165, 1.54) is 35.7 Å². The Morgan fingerprint density at radius 3 is 2.09 bits per heavy atom. The highest BCUT2D eigenvalue weighted by Crippen LogP contribution is 2.29. The molecule has 2 amide bonds. The van der Waals surface area contributed by atoms with Crippen LogP contribution in [-0.4, -0.2) is 81.0 Å². The fraction of sp³-hybridized carbons (Fsp3) is 0.275. The van der Waals surface area contributed by atoms with Crippen molar-refractivity contribution in [2.24, 2.45) is 5.14 Å². The van der Waals surface area contributed by atoms with Gasteiger partial charge in [-0.2, -0.15) is 17.0 Å². The van der Waals surface area contributed by atoms with E-state index in [1.54, 1.807) is 43.3 Å². The average Bonchev–Trinajstić information content (AvgIpc) is 3.56. The summed E-state index contributed by atoms with van der Waals surface area (Å²) in [6.45, 7) is 2.05. The van der Waals surface area contributed by atoms with E-state index >= 15 is 0 Å². The maximum atomic E-state index is 13.8. The first-order valence-corrected chi connectivity index (χ1v) is 21.1. The van der Waals surface area contributed by atoms with Crippen LogP contribution in [0.15, 0.2) is 102 Å². The number of carbonyl (C=O) groups excluding carboxylic acids is 3. The third-order valence-corrected chi connectivity index (χ3v) is 13.0. The first kappa shape index (κ1) is 40.3. The Morgan fingerprint density at radius 1 is 0.821 bits per heavy atom. The number of aromatic nitrogens is 1. The number of carbonyl (C=O) groups is 3. The second-order valence-corrected chi connectivity index (χ2v) is 16.9. The van der Waals surface area contributed by atoms with Gasteiger partial charge < -0.3 is 20.4 Å². The van der Waals surface area contributed by atoms with Crippen molar-refractivity contribution in [3.05, 3.63) is 125 Å². The molecule has 4 aromatic carbocycles. The van der Waals surface area contributed by atoms with Gasteiger partial charge in [0.15, 0.2) is 0 Å². The Hall–Kier alpha value is -5.39. The van der Waals surface area contributed by atoms with Crippen LogP contribution in [0.4, 0.5) is 11.5 Å². The van der Waals surface area contributed by atoms with Crippen LogP contribution in [0.25, 0.3) is 10.9 Å². The van der Waals surface area contributed by atoms with Crippen molar-refractivity contribution >= 4 is 60.4 Å². The number of nitrogens with two attached hydrogens (primary N) is 1. The number of hydrogen-bond donors (Lipinski definition) is 4. The molecule has 0 atom stereocenters. The smallest absolute Gasteiger partial charge is 0.337 e. The van der Waals surface area contributed by atoms with Gasteiger partial charge in [-0.3, -0.25) is 9.59 Å². The maximum absolute atomic E-state index is 13.8. The monoisotopic (exact) mass is 800 g/mol. The van der Waals surface area contributed by atoms with Crippen LogP contribution in [0.3, 0.4) is 0 Å². The van der Waals surface area contributed by atoms with Crippen LogP contribution in [-0.2, 0) is 37.8 Å². The molecule has 1 fully saturated rings. The van der Waals surface area contributed by atoms with Crippen LogP contribution in [0, 0.1) is 0 Å². The van der Waals surface area contributed by atoms with Gasteiger partial charge in [0.2, 0.25) is 10.0 Å². The minimum atomic E-state index is -4.07.